The van der Waals surface area contributed by atoms with Crippen molar-refractivity contribution >= 4 is 5.52 Å². The average Bonchev–Trinajstić information content (AvgIpc) is 2.86. The van der Waals surface area contributed by atoms with Crippen LogP contribution in [0.1, 0.15) is 11.3 Å². The zero-order chi connectivity index (χ0) is 14.7. The van der Waals surface area contributed by atoms with Crippen LogP contribution in [0.3, 0.4) is 0 Å². The first-order chi connectivity index (χ1) is 10.3. The number of nitrogens with zero attached hydrogens (tertiary/aromatic N) is 4. The molecule has 104 valence electrons. The van der Waals surface area contributed by atoms with E-state index in [2.05, 4.69) is 16.2 Å². The molecule has 6 heteroatoms. The maximum atomic E-state index is 12.7. The van der Waals surface area contributed by atoms with Crippen LogP contribution < -0.4 is 4.74 Å². The SMILES string of the molecule is N#Cc1c(OCCc2ccc(F)cn2)nn2ccccc12. The Hall–Kier alpha value is -2.94. The molecule has 0 saturated heterocycles. The van der Waals surface area contributed by atoms with Gasteiger partial charge in [-0.2, -0.15) is 5.26 Å². The molecule has 0 fully saturated rings. The Morgan fingerprint density at radius 2 is 2.19 bits per heavy atom. The lowest BCUT2D eigenvalue weighted by molar-refractivity contribution is 0.306. The van der Waals surface area contributed by atoms with Crippen molar-refractivity contribution in [3.8, 4) is 11.9 Å². The van der Waals surface area contributed by atoms with Crippen LogP contribution in [-0.4, -0.2) is 21.2 Å². The van der Waals surface area contributed by atoms with Gasteiger partial charge in [0.25, 0.3) is 5.88 Å². The second-order valence-corrected chi connectivity index (χ2v) is 4.39. The Morgan fingerprint density at radius 1 is 1.29 bits per heavy atom. The summed E-state index contributed by atoms with van der Waals surface area (Å²) < 4.78 is 19.9. The number of fused-ring (bicyclic) bond motifs is 1. The predicted octanol–water partition coefficient (Wildman–Crippen LogP) is 2.36. The van der Waals surface area contributed by atoms with Crippen molar-refractivity contribution in [3.05, 3.63) is 59.8 Å². The van der Waals surface area contributed by atoms with Crippen LogP contribution in [0.25, 0.3) is 5.52 Å². The first-order valence-electron chi connectivity index (χ1n) is 6.38. The molecule has 0 aliphatic carbocycles. The maximum Gasteiger partial charge on any atom is 0.252 e. The molecule has 0 spiro atoms. The van der Waals surface area contributed by atoms with Gasteiger partial charge in [-0.15, -0.1) is 5.10 Å². The van der Waals surface area contributed by atoms with Gasteiger partial charge in [0, 0.05) is 18.3 Å². The number of ether oxygens (including phenoxy) is 1. The second kappa shape index (κ2) is 5.59. The van der Waals surface area contributed by atoms with Crippen molar-refractivity contribution in [3.63, 3.8) is 0 Å². The first-order valence-corrected chi connectivity index (χ1v) is 6.38. The molecule has 5 nitrogen and oxygen atoms in total. The van der Waals surface area contributed by atoms with Gasteiger partial charge in [-0.3, -0.25) is 4.98 Å². The standard InChI is InChI=1S/C15H11FN4O/c16-11-4-5-12(18-10-11)6-8-21-15-13(9-17)14-3-1-2-7-20(14)19-15/h1-5,7,10H,6,8H2. The van der Waals surface area contributed by atoms with Gasteiger partial charge in [0.2, 0.25) is 0 Å². The lowest BCUT2D eigenvalue weighted by atomic mass is 10.2. The smallest absolute Gasteiger partial charge is 0.252 e. The summed E-state index contributed by atoms with van der Waals surface area (Å²) in [7, 11) is 0. The molecule has 3 rings (SSSR count). The van der Waals surface area contributed by atoms with Gasteiger partial charge in [0.05, 0.1) is 18.3 Å². The maximum absolute atomic E-state index is 12.7. The summed E-state index contributed by atoms with van der Waals surface area (Å²) in [4.78, 5) is 3.95. The van der Waals surface area contributed by atoms with Crippen molar-refractivity contribution in [2.75, 3.05) is 6.61 Å². The molecule has 0 unspecified atom stereocenters. The number of rotatable bonds is 4. The molecule has 21 heavy (non-hydrogen) atoms. The minimum absolute atomic E-state index is 0.297. The number of hydrogen-bond donors (Lipinski definition) is 0. The number of hydrogen-bond acceptors (Lipinski definition) is 4. The largest absolute Gasteiger partial charge is 0.475 e. The highest BCUT2D eigenvalue weighted by atomic mass is 19.1. The highest BCUT2D eigenvalue weighted by Crippen LogP contribution is 2.21. The van der Waals surface area contributed by atoms with Crippen molar-refractivity contribution in [1.29, 1.82) is 5.26 Å². The van der Waals surface area contributed by atoms with Crippen LogP contribution in [0, 0.1) is 17.1 Å². The molecule has 3 heterocycles. The fourth-order valence-electron chi connectivity index (χ4n) is 1.99. The summed E-state index contributed by atoms with van der Waals surface area (Å²) >= 11 is 0. The van der Waals surface area contributed by atoms with E-state index in [-0.39, 0.29) is 5.82 Å². The normalized spacial score (nSPS) is 10.5. The van der Waals surface area contributed by atoms with Crippen LogP contribution in [0.15, 0.2) is 42.7 Å². The van der Waals surface area contributed by atoms with Crippen molar-refractivity contribution < 1.29 is 9.13 Å². The monoisotopic (exact) mass is 282 g/mol. The van der Waals surface area contributed by atoms with Crippen LogP contribution in [0.2, 0.25) is 0 Å². The molecule has 0 aliphatic rings. The van der Waals surface area contributed by atoms with Gasteiger partial charge >= 0.3 is 0 Å². The molecule has 0 aromatic carbocycles. The van der Waals surface area contributed by atoms with E-state index in [1.54, 1.807) is 22.8 Å². The lowest BCUT2D eigenvalue weighted by Crippen LogP contribution is -2.04. The van der Waals surface area contributed by atoms with Gasteiger partial charge in [-0.25, -0.2) is 8.91 Å². The molecular formula is C15H11FN4O. The molecule has 0 atom stereocenters. The van der Waals surface area contributed by atoms with Gasteiger partial charge in [0.15, 0.2) is 0 Å². The van der Waals surface area contributed by atoms with Crippen molar-refractivity contribution in [1.82, 2.24) is 14.6 Å². The Morgan fingerprint density at radius 3 is 2.95 bits per heavy atom. The summed E-state index contributed by atoms with van der Waals surface area (Å²) in [6.45, 7) is 0.317. The van der Waals surface area contributed by atoms with E-state index in [1.165, 1.54) is 12.3 Å². The molecule has 3 aromatic rings. The summed E-state index contributed by atoms with van der Waals surface area (Å²) in [6.07, 6.45) is 3.44. The van der Waals surface area contributed by atoms with Crippen molar-refractivity contribution in [2.24, 2.45) is 0 Å². The van der Waals surface area contributed by atoms with Crippen LogP contribution in [-0.2, 0) is 6.42 Å². The average molecular weight is 282 g/mol. The minimum Gasteiger partial charge on any atom is -0.475 e. The van der Waals surface area contributed by atoms with E-state index in [4.69, 9.17) is 4.74 Å². The number of halogens is 1. The number of nitriles is 1. The highest BCUT2D eigenvalue weighted by Gasteiger charge is 2.13. The molecule has 0 saturated carbocycles. The van der Waals surface area contributed by atoms with Gasteiger partial charge in [-0.1, -0.05) is 6.07 Å². The molecule has 0 amide bonds. The summed E-state index contributed by atoms with van der Waals surface area (Å²) in [5.74, 6) is -0.0717. The molecule has 0 N–H and O–H groups in total. The van der Waals surface area contributed by atoms with Gasteiger partial charge < -0.3 is 4.74 Å². The number of pyridine rings is 2. The molecule has 0 aliphatic heterocycles. The third-order valence-corrected chi connectivity index (χ3v) is 3.01. The van der Waals surface area contributed by atoms with Crippen LogP contribution >= 0.6 is 0 Å². The van der Waals surface area contributed by atoms with Gasteiger partial charge in [-0.05, 0) is 24.3 Å². The molecule has 0 radical (unpaired) electrons. The molecule has 0 bridgehead atoms. The zero-order valence-electron chi connectivity index (χ0n) is 11.0. The lowest BCUT2D eigenvalue weighted by Gasteiger charge is -2.02. The Bertz CT molecular complexity index is 805. The Balaban J connectivity index is 1.73. The van der Waals surface area contributed by atoms with Gasteiger partial charge in [0.1, 0.15) is 17.4 Å². The van der Waals surface area contributed by atoms with E-state index in [9.17, 15) is 9.65 Å². The van der Waals surface area contributed by atoms with E-state index in [1.807, 2.05) is 12.1 Å². The van der Waals surface area contributed by atoms with Crippen LogP contribution in [0.5, 0.6) is 5.88 Å². The zero-order valence-corrected chi connectivity index (χ0v) is 11.0. The number of aromatic nitrogens is 3. The fraction of sp³-hybridized carbons (Fsp3) is 0.133. The minimum atomic E-state index is -0.369. The van der Waals surface area contributed by atoms with Crippen molar-refractivity contribution in [2.45, 2.75) is 6.42 Å². The van der Waals surface area contributed by atoms with E-state index < -0.39 is 0 Å². The first kappa shape index (κ1) is 13.1. The fourth-order valence-corrected chi connectivity index (χ4v) is 1.99. The summed E-state index contributed by atoms with van der Waals surface area (Å²) in [5.41, 5.74) is 1.83. The summed E-state index contributed by atoms with van der Waals surface area (Å²) in [6, 6.07) is 10.5. The van der Waals surface area contributed by atoms with Crippen LogP contribution in [0.4, 0.5) is 4.39 Å². The Kier molecular flexibility index (Phi) is 3.48. The second-order valence-electron chi connectivity index (χ2n) is 4.39. The Labute approximate surface area is 120 Å². The van der Waals surface area contributed by atoms with E-state index >= 15 is 0 Å². The predicted molar refractivity (Wildman–Crippen MR) is 73.3 cm³/mol. The molecular weight excluding hydrogens is 271 g/mol. The third-order valence-electron chi connectivity index (χ3n) is 3.01. The quantitative estimate of drug-likeness (QED) is 0.737. The molecule has 3 aromatic heterocycles. The third kappa shape index (κ3) is 2.67. The highest BCUT2D eigenvalue weighted by molar-refractivity contribution is 5.64. The van der Waals surface area contributed by atoms with E-state index in [0.29, 0.717) is 30.0 Å². The topological polar surface area (TPSA) is 63.2 Å². The summed E-state index contributed by atoms with van der Waals surface area (Å²) in [5, 5.41) is 13.4. The van der Waals surface area contributed by atoms with E-state index in [0.717, 1.165) is 5.69 Å².